The molecule has 32 heavy (non-hydrogen) atoms. The third kappa shape index (κ3) is 4.79. The molecule has 0 saturated carbocycles. The van der Waals surface area contributed by atoms with Crippen molar-refractivity contribution >= 4 is 17.4 Å². The Morgan fingerprint density at radius 2 is 1.81 bits per heavy atom. The van der Waals surface area contributed by atoms with Crippen molar-refractivity contribution in [2.45, 2.75) is 33.0 Å². The van der Waals surface area contributed by atoms with Crippen LogP contribution in [0, 0.1) is 18.3 Å². The number of amides is 1. The van der Waals surface area contributed by atoms with Crippen LogP contribution in [0.5, 0.6) is 0 Å². The largest absolute Gasteiger partial charge is 0.372 e. The normalized spacial score (nSPS) is 18.1. The number of aromatic nitrogens is 1. The minimum Gasteiger partial charge on any atom is -0.372 e. The monoisotopic (exact) mass is 426 g/mol. The molecule has 1 aliphatic heterocycles. The fourth-order valence-electron chi connectivity index (χ4n) is 4.01. The van der Waals surface area contributed by atoms with Crippen LogP contribution in [0.15, 0.2) is 60.8 Å². The van der Waals surface area contributed by atoms with E-state index in [1.807, 2.05) is 49.4 Å². The molecule has 0 aliphatic carbocycles. The lowest BCUT2D eigenvalue weighted by Crippen LogP contribution is -2.45. The molecule has 6 heteroatoms. The van der Waals surface area contributed by atoms with Crippen LogP contribution in [-0.2, 0) is 4.74 Å². The summed E-state index contributed by atoms with van der Waals surface area (Å²) >= 11 is 0. The van der Waals surface area contributed by atoms with E-state index in [1.165, 1.54) is 0 Å². The molecule has 0 radical (unpaired) electrons. The molecule has 6 nitrogen and oxygen atoms in total. The summed E-state index contributed by atoms with van der Waals surface area (Å²) in [4.78, 5) is 19.6. The molecular weight excluding hydrogens is 400 g/mol. The summed E-state index contributed by atoms with van der Waals surface area (Å²) in [5.74, 6) is 0.687. The van der Waals surface area contributed by atoms with E-state index in [0.29, 0.717) is 16.8 Å². The molecule has 1 aromatic heterocycles. The second kappa shape index (κ2) is 9.21. The first-order valence-electron chi connectivity index (χ1n) is 10.7. The minimum absolute atomic E-state index is 0.159. The van der Waals surface area contributed by atoms with Gasteiger partial charge in [0.25, 0.3) is 5.91 Å². The first-order chi connectivity index (χ1) is 15.4. The number of nitrogens with one attached hydrogen (secondary N) is 1. The molecular formula is C26H26N4O2. The fourth-order valence-corrected chi connectivity index (χ4v) is 4.01. The highest BCUT2D eigenvalue weighted by Crippen LogP contribution is 2.26. The van der Waals surface area contributed by atoms with E-state index in [0.717, 1.165) is 35.6 Å². The Morgan fingerprint density at radius 1 is 1.09 bits per heavy atom. The van der Waals surface area contributed by atoms with Gasteiger partial charge in [0.2, 0.25) is 0 Å². The first-order valence-corrected chi connectivity index (χ1v) is 10.7. The Labute approximate surface area is 188 Å². The SMILES string of the molecule is Cc1ccc(C(=O)Nc2ccc(N3CC(C)OC(C)C3)nc2)cc1-c1ccc(C#N)cc1. The number of benzene rings is 2. The highest BCUT2D eigenvalue weighted by molar-refractivity contribution is 6.05. The third-order valence-electron chi connectivity index (χ3n) is 5.57. The van der Waals surface area contributed by atoms with Crippen LogP contribution in [0.2, 0.25) is 0 Å². The molecule has 162 valence electrons. The van der Waals surface area contributed by atoms with Gasteiger partial charge in [-0.05, 0) is 73.9 Å². The molecule has 1 amide bonds. The second-order valence-corrected chi connectivity index (χ2v) is 8.24. The topological polar surface area (TPSA) is 78.2 Å². The molecule has 3 aromatic rings. The Kier molecular flexibility index (Phi) is 6.20. The van der Waals surface area contributed by atoms with Gasteiger partial charge in [-0.3, -0.25) is 4.79 Å². The zero-order chi connectivity index (χ0) is 22.7. The zero-order valence-corrected chi connectivity index (χ0v) is 18.5. The van der Waals surface area contributed by atoms with Gasteiger partial charge in [0.15, 0.2) is 0 Å². The standard InChI is InChI=1S/C26H26N4O2/c1-17-4-7-22(12-24(17)21-8-5-20(13-27)6-9-21)26(31)29-23-10-11-25(28-14-23)30-15-18(2)32-19(3)16-30/h4-12,14,18-19H,15-16H2,1-3H3,(H,29,31). The zero-order valence-electron chi connectivity index (χ0n) is 18.5. The maximum absolute atomic E-state index is 12.9. The van der Waals surface area contributed by atoms with Crippen molar-refractivity contribution in [3.05, 3.63) is 77.5 Å². The molecule has 4 rings (SSSR count). The van der Waals surface area contributed by atoms with Gasteiger partial charge in [0.1, 0.15) is 5.82 Å². The van der Waals surface area contributed by atoms with Crippen LogP contribution in [0.1, 0.15) is 35.3 Å². The predicted octanol–water partition coefficient (Wildman–Crippen LogP) is 4.79. The third-order valence-corrected chi connectivity index (χ3v) is 5.57. The van der Waals surface area contributed by atoms with Crippen LogP contribution in [0.3, 0.4) is 0 Å². The van der Waals surface area contributed by atoms with Crippen molar-refractivity contribution in [3.8, 4) is 17.2 Å². The second-order valence-electron chi connectivity index (χ2n) is 8.24. The highest BCUT2D eigenvalue weighted by Gasteiger charge is 2.23. The highest BCUT2D eigenvalue weighted by atomic mass is 16.5. The lowest BCUT2D eigenvalue weighted by Gasteiger charge is -2.36. The maximum Gasteiger partial charge on any atom is 0.255 e. The molecule has 1 saturated heterocycles. The van der Waals surface area contributed by atoms with Crippen molar-refractivity contribution in [2.75, 3.05) is 23.3 Å². The van der Waals surface area contributed by atoms with Crippen LogP contribution < -0.4 is 10.2 Å². The van der Waals surface area contributed by atoms with E-state index < -0.39 is 0 Å². The van der Waals surface area contributed by atoms with E-state index in [9.17, 15) is 4.79 Å². The van der Waals surface area contributed by atoms with Gasteiger partial charge in [-0.15, -0.1) is 0 Å². The number of aryl methyl sites for hydroxylation is 1. The van der Waals surface area contributed by atoms with Crippen molar-refractivity contribution < 1.29 is 9.53 Å². The summed E-state index contributed by atoms with van der Waals surface area (Å²) in [6.07, 6.45) is 2.01. The van der Waals surface area contributed by atoms with E-state index in [4.69, 9.17) is 10.00 Å². The smallest absolute Gasteiger partial charge is 0.255 e. The average Bonchev–Trinajstić information content (AvgIpc) is 2.79. The van der Waals surface area contributed by atoms with Gasteiger partial charge in [0.05, 0.1) is 35.7 Å². The van der Waals surface area contributed by atoms with E-state index in [-0.39, 0.29) is 18.1 Å². The number of rotatable bonds is 4. The lowest BCUT2D eigenvalue weighted by atomic mass is 9.97. The molecule has 2 atom stereocenters. The summed E-state index contributed by atoms with van der Waals surface area (Å²) in [6, 6.07) is 18.9. The number of carbonyl (C=O) groups is 1. The molecule has 1 aliphatic rings. The lowest BCUT2D eigenvalue weighted by molar-refractivity contribution is -0.00545. The Hall–Kier alpha value is -3.69. The quantitative estimate of drug-likeness (QED) is 0.649. The van der Waals surface area contributed by atoms with Gasteiger partial charge < -0.3 is 15.0 Å². The van der Waals surface area contributed by atoms with E-state index in [1.54, 1.807) is 18.3 Å². The maximum atomic E-state index is 12.9. The van der Waals surface area contributed by atoms with Crippen molar-refractivity contribution in [3.63, 3.8) is 0 Å². The molecule has 2 unspecified atom stereocenters. The van der Waals surface area contributed by atoms with Gasteiger partial charge in [0, 0.05) is 18.7 Å². The van der Waals surface area contributed by atoms with Crippen LogP contribution in [0.25, 0.3) is 11.1 Å². The summed E-state index contributed by atoms with van der Waals surface area (Å²) in [6.45, 7) is 7.72. The van der Waals surface area contributed by atoms with Crippen molar-refractivity contribution in [1.82, 2.24) is 4.98 Å². The fraction of sp³-hybridized carbons (Fsp3) is 0.269. The first kappa shape index (κ1) is 21.5. The van der Waals surface area contributed by atoms with E-state index >= 15 is 0 Å². The predicted molar refractivity (Wildman–Crippen MR) is 126 cm³/mol. The van der Waals surface area contributed by atoms with Crippen LogP contribution in [0.4, 0.5) is 11.5 Å². The molecule has 0 bridgehead atoms. The summed E-state index contributed by atoms with van der Waals surface area (Å²) in [5.41, 5.74) is 4.81. The van der Waals surface area contributed by atoms with Gasteiger partial charge in [-0.25, -0.2) is 4.98 Å². The summed E-state index contributed by atoms with van der Waals surface area (Å²) in [7, 11) is 0. The van der Waals surface area contributed by atoms with Gasteiger partial charge in [-0.2, -0.15) is 5.26 Å². The van der Waals surface area contributed by atoms with Crippen LogP contribution >= 0.6 is 0 Å². The number of ether oxygens (including phenoxy) is 1. The van der Waals surface area contributed by atoms with Gasteiger partial charge >= 0.3 is 0 Å². The Bertz CT molecular complexity index is 1140. The summed E-state index contributed by atoms with van der Waals surface area (Å²) < 4.78 is 5.78. The number of nitrogens with zero attached hydrogens (tertiary/aromatic N) is 3. The molecule has 2 aromatic carbocycles. The number of carbonyl (C=O) groups excluding carboxylic acids is 1. The van der Waals surface area contributed by atoms with Crippen LogP contribution in [-0.4, -0.2) is 36.2 Å². The Balaban J connectivity index is 1.48. The number of hydrogen-bond acceptors (Lipinski definition) is 5. The minimum atomic E-state index is -0.192. The number of anilines is 2. The Morgan fingerprint density at radius 3 is 2.44 bits per heavy atom. The van der Waals surface area contributed by atoms with Crippen molar-refractivity contribution in [1.29, 1.82) is 5.26 Å². The van der Waals surface area contributed by atoms with E-state index in [2.05, 4.69) is 35.1 Å². The molecule has 2 heterocycles. The summed E-state index contributed by atoms with van der Waals surface area (Å²) in [5, 5.41) is 11.9. The van der Waals surface area contributed by atoms with Crippen molar-refractivity contribution in [2.24, 2.45) is 0 Å². The number of nitriles is 1. The molecule has 0 spiro atoms. The molecule has 1 N–H and O–H groups in total. The average molecular weight is 427 g/mol. The number of pyridine rings is 1. The molecule has 1 fully saturated rings. The van der Waals surface area contributed by atoms with Gasteiger partial charge in [-0.1, -0.05) is 18.2 Å². The number of morpholine rings is 1. The number of hydrogen-bond donors (Lipinski definition) is 1.